The molecule has 200 valence electrons. The van der Waals surface area contributed by atoms with E-state index < -0.39 is 11.4 Å². The Morgan fingerprint density at radius 2 is 1.82 bits per heavy atom. The summed E-state index contributed by atoms with van der Waals surface area (Å²) in [6.45, 7) is 5.21. The van der Waals surface area contributed by atoms with Crippen molar-refractivity contribution in [2.24, 2.45) is 5.92 Å². The van der Waals surface area contributed by atoms with Gasteiger partial charge in [0.1, 0.15) is 11.4 Å². The van der Waals surface area contributed by atoms with Gasteiger partial charge in [0.15, 0.2) is 11.5 Å². The molecule has 4 aromatic rings. The highest BCUT2D eigenvalue weighted by molar-refractivity contribution is 7.89. The molecule has 0 aliphatic carbocycles. The van der Waals surface area contributed by atoms with E-state index in [4.69, 9.17) is 4.98 Å². The zero-order valence-electron chi connectivity index (χ0n) is 21.8. The van der Waals surface area contributed by atoms with E-state index in [1.807, 2.05) is 54.6 Å². The molecule has 1 amide bonds. The maximum absolute atomic E-state index is 13.2. The Morgan fingerprint density at radius 3 is 2.56 bits per heavy atom. The fourth-order valence-corrected chi connectivity index (χ4v) is 5.92. The number of aromatic nitrogens is 2. The van der Waals surface area contributed by atoms with Crippen molar-refractivity contribution in [1.29, 1.82) is 0 Å². The van der Waals surface area contributed by atoms with Gasteiger partial charge in [-0.3, -0.25) is 9.78 Å². The minimum absolute atomic E-state index is 0.155. The number of nitrogens with one attached hydrogen (secondary N) is 1. The number of hydrogen-bond acceptors (Lipinski definition) is 7. The second kappa shape index (κ2) is 11.4. The summed E-state index contributed by atoms with van der Waals surface area (Å²) in [5.74, 6) is 0.0337. The van der Waals surface area contributed by atoms with Gasteiger partial charge in [-0.1, -0.05) is 44.2 Å². The minimum atomic E-state index is -1.15. The number of carbonyl (C=O) groups excluding carboxylic acids is 1. The van der Waals surface area contributed by atoms with Crippen LogP contribution in [0.25, 0.3) is 22.4 Å². The Morgan fingerprint density at radius 1 is 1.03 bits per heavy atom. The molecule has 2 aromatic heterocycles. The topological polar surface area (TPSA) is 122 Å². The van der Waals surface area contributed by atoms with E-state index in [2.05, 4.69) is 10.3 Å². The summed E-state index contributed by atoms with van der Waals surface area (Å²) in [7, 11) is 0. The third kappa shape index (κ3) is 6.06. The highest BCUT2D eigenvalue weighted by Gasteiger charge is 2.32. The summed E-state index contributed by atoms with van der Waals surface area (Å²) in [5, 5.41) is 22.2. The number of fused-ring (bicyclic) bond motifs is 1. The van der Waals surface area contributed by atoms with Crippen molar-refractivity contribution >= 4 is 17.3 Å². The number of benzene rings is 2. The second-order valence-corrected chi connectivity index (χ2v) is 11.5. The molecule has 1 atom stereocenters. The van der Waals surface area contributed by atoms with Gasteiger partial charge in [-0.2, -0.15) is 0 Å². The number of phenols is 2. The first-order valence-electron chi connectivity index (χ1n) is 12.7. The van der Waals surface area contributed by atoms with Gasteiger partial charge in [0.05, 0.1) is 18.8 Å². The van der Waals surface area contributed by atoms with Crippen LogP contribution in [0.5, 0.6) is 11.5 Å². The van der Waals surface area contributed by atoms with Gasteiger partial charge in [-0.15, -0.1) is 4.31 Å². The fourth-order valence-electron chi connectivity index (χ4n) is 4.59. The molecule has 9 heteroatoms. The summed E-state index contributed by atoms with van der Waals surface area (Å²) < 4.78 is 15.0. The zero-order valence-corrected chi connectivity index (χ0v) is 22.6. The van der Waals surface area contributed by atoms with Crippen LogP contribution in [0.4, 0.5) is 0 Å². The van der Waals surface area contributed by atoms with E-state index in [9.17, 15) is 19.6 Å². The van der Waals surface area contributed by atoms with Crippen LogP contribution in [0.15, 0.2) is 73.1 Å². The predicted octanol–water partition coefficient (Wildman–Crippen LogP) is 4.79. The smallest absolute Gasteiger partial charge is 0.270 e. The van der Waals surface area contributed by atoms with E-state index in [1.54, 1.807) is 24.5 Å². The number of carbonyl (C=O) groups is 1. The van der Waals surface area contributed by atoms with Crippen LogP contribution in [0.2, 0.25) is 0 Å². The Bertz CT molecular complexity index is 1500. The molecular formula is C30H30N4O4S. The molecule has 0 saturated carbocycles. The van der Waals surface area contributed by atoms with Gasteiger partial charge in [0.2, 0.25) is 0 Å². The summed E-state index contributed by atoms with van der Waals surface area (Å²) in [4.78, 5) is 22.3. The number of aromatic hydroxyl groups is 2. The lowest BCUT2D eigenvalue weighted by Gasteiger charge is -2.20. The molecule has 1 aliphatic heterocycles. The van der Waals surface area contributed by atoms with E-state index in [0.717, 1.165) is 27.8 Å². The molecule has 0 saturated heterocycles. The lowest BCUT2D eigenvalue weighted by Crippen LogP contribution is -2.30. The average molecular weight is 543 g/mol. The van der Waals surface area contributed by atoms with E-state index in [1.165, 1.54) is 12.1 Å². The van der Waals surface area contributed by atoms with Crippen molar-refractivity contribution in [3.05, 3.63) is 95.4 Å². The van der Waals surface area contributed by atoms with Crippen molar-refractivity contribution in [2.45, 2.75) is 33.5 Å². The molecule has 0 bridgehead atoms. The van der Waals surface area contributed by atoms with Gasteiger partial charge in [0, 0.05) is 47.0 Å². The molecule has 1 unspecified atom stereocenters. The van der Waals surface area contributed by atoms with Gasteiger partial charge < -0.3 is 20.1 Å². The lowest BCUT2D eigenvalue weighted by molar-refractivity contribution is 0.0946. The van der Waals surface area contributed by atoms with Gasteiger partial charge in [0.25, 0.3) is 5.91 Å². The summed E-state index contributed by atoms with van der Waals surface area (Å²) in [6.07, 6.45) is 3.54. The van der Waals surface area contributed by atoms with E-state index >= 15 is 0 Å². The number of amides is 1. The standard InChI is InChI=1S/C30H30N4O4S/c1-19(2)18-39(38)34-16-24-13-26(30(37)32-14-20-8-9-27(35)28(36)11-20)33-29(25(24)17-34)22-6-3-5-21(12-22)23-7-4-10-31-15-23/h3-13,15,19,35-36H,14,16-18H2,1-2H3,(H,32,37). The fraction of sp³-hybridized carbons (Fsp3) is 0.233. The van der Waals surface area contributed by atoms with Crippen LogP contribution in [0, 0.1) is 5.92 Å². The normalized spacial score (nSPS) is 13.8. The number of rotatable bonds is 8. The van der Waals surface area contributed by atoms with Crippen LogP contribution >= 0.6 is 0 Å². The van der Waals surface area contributed by atoms with Crippen LogP contribution in [-0.2, 0) is 31.0 Å². The highest BCUT2D eigenvalue weighted by atomic mass is 32.2. The van der Waals surface area contributed by atoms with Gasteiger partial charge in [-0.05, 0) is 52.9 Å². The Hall–Kier alpha value is -3.92. The number of phenolic OH excluding ortho intramolecular Hbond substituents is 2. The van der Waals surface area contributed by atoms with Crippen LogP contribution < -0.4 is 5.32 Å². The van der Waals surface area contributed by atoms with Crippen molar-refractivity contribution in [1.82, 2.24) is 19.6 Å². The quantitative estimate of drug-likeness (QED) is 0.216. The highest BCUT2D eigenvalue weighted by Crippen LogP contribution is 2.35. The van der Waals surface area contributed by atoms with Crippen molar-refractivity contribution in [3.8, 4) is 33.9 Å². The molecule has 0 spiro atoms. The molecule has 3 N–H and O–H groups in total. The number of nitrogens with zero attached hydrogens (tertiary/aromatic N) is 3. The maximum atomic E-state index is 13.2. The number of pyridine rings is 2. The molecule has 0 radical (unpaired) electrons. The van der Waals surface area contributed by atoms with Crippen molar-refractivity contribution in [3.63, 3.8) is 0 Å². The van der Waals surface area contributed by atoms with Crippen LogP contribution in [0.1, 0.15) is 41.0 Å². The zero-order chi connectivity index (χ0) is 27.5. The summed E-state index contributed by atoms with van der Waals surface area (Å²) >= 11 is -1.15. The first kappa shape index (κ1) is 26.7. The maximum Gasteiger partial charge on any atom is 0.270 e. The molecular weight excluding hydrogens is 512 g/mol. The van der Waals surface area contributed by atoms with E-state index in [0.29, 0.717) is 36.0 Å². The van der Waals surface area contributed by atoms with Crippen LogP contribution in [0.3, 0.4) is 0 Å². The summed E-state index contributed by atoms with van der Waals surface area (Å²) in [6, 6.07) is 18.0. The lowest BCUT2D eigenvalue weighted by atomic mass is 9.98. The summed E-state index contributed by atoms with van der Waals surface area (Å²) in [5.41, 5.74) is 6.30. The molecule has 2 aromatic carbocycles. The van der Waals surface area contributed by atoms with Crippen molar-refractivity contribution < 1.29 is 19.6 Å². The van der Waals surface area contributed by atoms with Gasteiger partial charge in [-0.25, -0.2) is 4.98 Å². The third-order valence-corrected chi connectivity index (χ3v) is 8.30. The Labute approximate surface area is 230 Å². The SMILES string of the molecule is CC(C)C[S+]([O-])N1Cc2cc(C(=O)NCc3ccc(O)c(O)c3)nc(-c3cccc(-c4cccnc4)c3)c2C1. The van der Waals surface area contributed by atoms with E-state index in [-0.39, 0.29) is 29.6 Å². The average Bonchev–Trinajstić information content (AvgIpc) is 3.38. The second-order valence-electron chi connectivity index (χ2n) is 10.0. The monoisotopic (exact) mass is 542 g/mol. The molecule has 3 heterocycles. The van der Waals surface area contributed by atoms with Crippen LogP contribution in [-0.4, -0.2) is 40.7 Å². The first-order chi connectivity index (χ1) is 18.8. The van der Waals surface area contributed by atoms with Gasteiger partial charge >= 0.3 is 0 Å². The molecule has 5 rings (SSSR count). The Kier molecular flexibility index (Phi) is 7.83. The minimum Gasteiger partial charge on any atom is -0.598 e. The molecule has 39 heavy (non-hydrogen) atoms. The number of hydrogen-bond donors (Lipinski definition) is 3. The predicted molar refractivity (Wildman–Crippen MR) is 151 cm³/mol. The molecule has 1 aliphatic rings. The largest absolute Gasteiger partial charge is 0.598 e. The molecule has 0 fully saturated rings. The first-order valence-corrected chi connectivity index (χ1v) is 14.0. The Balaban J connectivity index is 1.49. The third-order valence-electron chi connectivity index (χ3n) is 6.52. The van der Waals surface area contributed by atoms with Crippen molar-refractivity contribution in [2.75, 3.05) is 5.75 Å². The molecule has 8 nitrogen and oxygen atoms in total.